The molecule has 9 heteroatoms. The first kappa shape index (κ1) is 22.7. The molecule has 2 saturated carbocycles. The van der Waals surface area contributed by atoms with Crippen LogP contribution >= 0.6 is 11.6 Å². The number of hydrogen-bond donors (Lipinski definition) is 1. The van der Waals surface area contributed by atoms with E-state index in [1.165, 1.54) is 38.8 Å². The molecule has 0 radical (unpaired) electrons. The van der Waals surface area contributed by atoms with E-state index in [1.807, 2.05) is 0 Å². The van der Waals surface area contributed by atoms with E-state index >= 15 is 0 Å². The molecule has 1 N–H and O–H groups in total. The highest BCUT2D eigenvalue weighted by Crippen LogP contribution is 2.44. The molecule has 172 valence electrons. The van der Waals surface area contributed by atoms with E-state index in [4.69, 9.17) is 21.1 Å². The molecule has 0 aliphatic heterocycles. The maximum Gasteiger partial charge on any atom is 0.264 e. The van der Waals surface area contributed by atoms with Crippen LogP contribution in [0.1, 0.15) is 25.7 Å². The number of nitrogens with one attached hydrogen (secondary N) is 1. The Labute approximate surface area is 193 Å². The number of hydrogen-bond acceptors (Lipinski definition) is 5. The van der Waals surface area contributed by atoms with Crippen molar-refractivity contribution in [2.45, 2.75) is 36.6 Å². The number of methoxy groups -OCH3 is 2. The van der Waals surface area contributed by atoms with Gasteiger partial charge in [0, 0.05) is 17.1 Å². The SMILES string of the molecule is COc1ccc(S(=O)(=O)N(CC(=O)NC2CC3CCC2C3)c2ccc(Cl)cc2)cc1OC. The zero-order valence-electron chi connectivity index (χ0n) is 18.1. The van der Waals surface area contributed by atoms with Crippen LogP contribution in [0.25, 0.3) is 0 Å². The van der Waals surface area contributed by atoms with Gasteiger partial charge in [0.1, 0.15) is 6.54 Å². The minimum Gasteiger partial charge on any atom is -0.493 e. The lowest BCUT2D eigenvalue weighted by molar-refractivity contribution is -0.120. The number of fused-ring (bicyclic) bond motifs is 2. The van der Waals surface area contributed by atoms with Crippen LogP contribution in [0.5, 0.6) is 11.5 Å². The summed E-state index contributed by atoms with van der Waals surface area (Å²) >= 11 is 6.00. The summed E-state index contributed by atoms with van der Waals surface area (Å²) in [5.74, 6) is 1.56. The summed E-state index contributed by atoms with van der Waals surface area (Å²) in [5, 5.41) is 3.55. The second kappa shape index (κ2) is 9.19. The van der Waals surface area contributed by atoms with E-state index in [0.717, 1.165) is 23.6 Å². The van der Waals surface area contributed by atoms with Crippen LogP contribution in [0.15, 0.2) is 47.4 Å². The molecular formula is C23H27ClN2O5S. The molecule has 2 aliphatic carbocycles. The fraction of sp³-hybridized carbons (Fsp3) is 0.435. The third-order valence-corrected chi connectivity index (χ3v) is 8.45. The van der Waals surface area contributed by atoms with Crippen LogP contribution in [0.2, 0.25) is 5.02 Å². The maximum atomic E-state index is 13.6. The predicted molar refractivity (Wildman–Crippen MR) is 123 cm³/mol. The van der Waals surface area contributed by atoms with Gasteiger partial charge in [-0.1, -0.05) is 18.0 Å². The first-order chi connectivity index (χ1) is 15.3. The Kier molecular flexibility index (Phi) is 6.53. The molecule has 0 spiro atoms. The lowest BCUT2D eigenvalue weighted by atomic mass is 9.95. The Morgan fingerprint density at radius 2 is 1.78 bits per heavy atom. The third-order valence-electron chi connectivity index (χ3n) is 6.43. The normalized spacial score (nSPS) is 21.9. The van der Waals surface area contributed by atoms with Crippen molar-refractivity contribution in [3.05, 3.63) is 47.5 Å². The Morgan fingerprint density at radius 1 is 1.06 bits per heavy atom. The van der Waals surface area contributed by atoms with Crippen molar-refractivity contribution in [1.82, 2.24) is 5.32 Å². The standard InChI is InChI=1S/C23H27ClN2O5S/c1-30-21-10-9-19(13-22(21)31-2)32(28,29)26(18-7-5-17(24)6-8-18)14-23(27)25-20-12-15-3-4-16(20)11-15/h5-10,13,15-16,20H,3-4,11-12,14H2,1-2H3,(H,25,27). The number of carbonyl (C=O) groups is 1. The Morgan fingerprint density at radius 3 is 2.38 bits per heavy atom. The number of rotatable bonds is 8. The topological polar surface area (TPSA) is 84.9 Å². The molecule has 1 amide bonds. The molecule has 0 saturated heterocycles. The minimum absolute atomic E-state index is 0.00202. The predicted octanol–water partition coefficient (Wildman–Crippen LogP) is 3.86. The zero-order chi connectivity index (χ0) is 22.9. The number of halogens is 1. The van der Waals surface area contributed by atoms with Gasteiger partial charge in [0.15, 0.2) is 11.5 Å². The largest absolute Gasteiger partial charge is 0.493 e. The van der Waals surface area contributed by atoms with Gasteiger partial charge in [0.2, 0.25) is 5.91 Å². The second-order valence-electron chi connectivity index (χ2n) is 8.35. The van der Waals surface area contributed by atoms with Crippen LogP contribution in [0.4, 0.5) is 5.69 Å². The first-order valence-corrected chi connectivity index (χ1v) is 12.4. The summed E-state index contributed by atoms with van der Waals surface area (Å²) < 4.78 is 38.8. The highest BCUT2D eigenvalue weighted by atomic mass is 35.5. The van der Waals surface area contributed by atoms with Crippen molar-refractivity contribution in [3.8, 4) is 11.5 Å². The lowest BCUT2D eigenvalue weighted by Crippen LogP contribution is -2.46. The number of amides is 1. The van der Waals surface area contributed by atoms with Crippen molar-refractivity contribution in [1.29, 1.82) is 0 Å². The number of carbonyl (C=O) groups excluding carboxylic acids is 1. The summed E-state index contributed by atoms with van der Waals surface area (Å²) in [6.45, 7) is -0.327. The van der Waals surface area contributed by atoms with E-state index in [9.17, 15) is 13.2 Å². The molecule has 7 nitrogen and oxygen atoms in total. The fourth-order valence-electron chi connectivity index (χ4n) is 4.83. The van der Waals surface area contributed by atoms with Crippen LogP contribution < -0.4 is 19.1 Å². The summed E-state index contributed by atoms with van der Waals surface area (Å²) in [6, 6.07) is 10.9. The first-order valence-electron chi connectivity index (χ1n) is 10.6. The fourth-order valence-corrected chi connectivity index (χ4v) is 6.39. The average Bonchev–Trinajstić information content (AvgIpc) is 3.41. The smallest absolute Gasteiger partial charge is 0.264 e. The summed E-state index contributed by atoms with van der Waals surface area (Å²) in [5.41, 5.74) is 0.354. The van der Waals surface area contributed by atoms with E-state index < -0.39 is 10.0 Å². The molecule has 2 aromatic rings. The zero-order valence-corrected chi connectivity index (χ0v) is 19.7. The summed E-state index contributed by atoms with van der Waals surface area (Å²) in [4.78, 5) is 12.9. The van der Waals surface area contributed by atoms with Crippen molar-refractivity contribution in [2.24, 2.45) is 11.8 Å². The highest BCUT2D eigenvalue weighted by molar-refractivity contribution is 7.92. The minimum atomic E-state index is -4.07. The summed E-state index contributed by atoms with van der Waals surface area (Å²) in [7, 11) is -1.15. The van der Waals surface area contributed by atoms with Crippen molar-refractivity contribution < 1.29 is 22.7 Å². The van der Waals surface area contributed by atoms with Gasteiger partial charge in [-0.2, -0.15) is 0 Å². The van der Waals surface area contributed by atoms with E-state index in [2.05, 4.69) is 5.32 Å². The monoisotopic (exact) mass is 478 g/mol. The van der Waals surface area contributed by atoms with Gasteiger partial charge in [0.25, 0.3) is 10.0 Å². The third kappa shape index (κ3) is 4.52. The molecule has 3 unspecified atom stereocenters. The molecule has 0 heterocycles. The molecule has 2 aromatic carbocycles. The van der Waals surface area contributed by atoms with Gasteiger partial charge < -0.3 is 14.8 Å². The highest BCUT2D eigenvalue weighted by Gasteiger charge is 2.40. The quantitative estimate of drug-likeness (QED) is 0.622. The van der Waals surface area contributed by atoms with E-state index in [1.54, 1.807) is 24.3 Å². The Hall–Kier alpha value is -2.45. The van der Waals surface area contributed by atoms with Gasteiger partial charge in [-0.05, 0) is 67.5 Å². The van der Waals surface area contributed by atoms with Gasteiger partial charge in [-0.3, -0.25) is 9.10 Å². The number of ether oxygens (including phenoxy) is 2. The average molecular weight is 479 g/mol. The van der Waals surface area contributed by atoms with Crippen molar-refractivity contribution in [3.63, 3.8) is 0 Å². The van der Waals surface area contributed by atoms with Gasteiger partial charge in [0.05, 0.1) is 24.8 Å². The van der Waals surface area contributed by atoms with Crippen LogP contribution in [-0.4, -0.2) is 41.1 Å². The maximum absolute atomic E-state index is 13.6. The molecule has 3 atom stereocenters. The van der Waals surface area contributed by atoms with Crippen LogP contribution in [0, 0.1) is 11.8 Å². The van der Waals surface area contributed by atoms with Gasteiger partial charge in [-0.15, -0.1) is 0 Å². The van der Waals surface area contributed by atoms with Crippen LogP contribution in [0.3, 0.4) is 0 Å². The molecule has 2 bridgehead atoms. The number of sulfonamides is 1. The summed E-state index contributed by atoms with van der Waals surface area (Å²) in [6.07, 6.45) is 4.47. The lowest BCUT2D eigenvalue weighted by Gasteiger charge is -2.27. The van der Waals surface area contributed by atoms with Gasteiger partial charge in [-0.25, -0.2) is 8.42 Å². The molecule has 4 rings (SSSR count). The van der Waals surface area contributed by atoms with E-state index in [0.29, 0.717) is 28.3 Å². The molecule has 32 heavy (non-hydrogen) atoms. The van der Waals surface area contributed by atoms with Gasteiger partial charge >= 0.3 is 0 Å². The molecule has 2 aliphatic rings. The molecule has 0 aromatic heterocycles. The second-order valence-corrected chi connectivity index (χ2v) is 10.7. The Balaban J connectivity index is 1.63. The number of nitrogens with zero attached hydrogens (tertiary/aromatic N) is 1. The Bertz CT molecular complexity index is 1090. The van der Waals surface area contributed by atoms with Crippen molar-refractivity contribution in [2.75, 3.05) is 25.1 Å². The molecular weight excluding hydrogens is 452 g/mol. The molecule has 2 fully saturated rings. The van der Waals surface area contributed by atoms with E-state index in [-0.39, 0.29) is 29.1 Å². The van der Waals surface area contributed by atoms with Crippen LogP contribution in [-0.2, 0) is 14.8 Å². The number of benzene rings is 2. The number of anilines is 1. The van der Waals surface area contributed by atoms with Crippen molar-refractivity contribution >= 4 is 33.2 Å².